The van der Waals surface area contributed by atoms with Gasteiger partial charge >= 0.3 is 0 Å². The second kappa shape index (κ2) is 2.73. The Kier molecular flexibility index (Phi) is 1.69. The van der Waals surface area contributed by atoms with Gasteiger partial charge in [0.05, 0.1) is 5.69 Å². The highest BCUT2D eigenvalue weighted by Crippen LogP contribution is 2.19. The summed E-state index contributed by atoms with van der Waals surface area (Å²) in [5.41, 5.74) is 1.13. The Morgan fingerprint density at radius 1 is 1.54 bits per heavy atom. The molecule has 0 unspecified atom stereocenters. The molecule has 0 saturated carbocycles. The Morgan fingerprint density at radius 3 is 3.00 bits per heavy atom. The first-order chi connectivity index (χ1) is 6.20. The molecule has 0 amide bonds. The third-order valence-corrected chi connectivity index (χ3v) is 1.96. The minimum absolute atomic E-state index is 0.0429. The van der Waals surface area contributed by atoms with Crippen LogP contribution < -0.4 is 5.43 Å². The average Bonchev–Trinajstić information content (AvgIpc) is 2.49. The highest BCUT2D eigenvalue weighted by atomic mass is 16.5. The van der Waals surface area contributed by atoms with Gasteiger partial charge in [-0.1, -0.05) is 19.0 Å². The molecule has 0 atom stereocenters. The second-order valence-electron chi connectivity index (χ2n) is 3.27. The fourth-order valence-corrected chi connectivity index (χ4v) is 1.31. The van der Waals surface area contributed by atoms with Crippen LogP contribution >= 0.6 is 0 Å². The zero-order chi connectivity index (χ0) is 9.42. The molecule has 2 aromatic heterocycles. The summed E-state index contributed by atoms with van der Waals surface area (Å²) in [7, 11) is 0. The first kappa shape index (κ1) is 8.04. The lowest BCUT2D eigenvalue weighted by Crippen LogP contribution is -2.01. The van der Waals surface area contributed by atoms with E-state index < -0.39 is 0 Å². The quantitative estimate of drug-likeness (QED) is 0.722. The van der Waals surface area contributed by atoms with E-state index >= 15 is 0 Å². The molecule has 0 aliphatic rings. The summed E-state index contributed by atoms with van der Waals surface area (Å²) < 4.78 is 4.99. The van der Waals surface area contributed by atoms with Gasteiger partial charge in [0.15, 0.2) is 5.43 Å². The maximum atomic E-state index is 11.4. The van der Waals surface area contributed by atoms with Crippen molar-refractivity contribution in [2.75, 3.05) is 0 Å². The molecule has 0 fully saturated rings. The molecule has 4 heteroatoms. The van der Waals surface area contributed by atoms with E-state index in [0.717, 1.165) is 5.69 Å². The van der Waals surface area contributed by atoms with Crippen molar-refractivity contribution in [3.05, 3.63) is 28.2 Å². The van der Waals surface area contributed by atoms with Gasteiger partial charge in [-0.25, -0.2) is 0 Å². The molecule has 0 spiro atoms. The number of aromatic nitrogens is 2. The summed E-state index contributed by atoms with van der Waals surface area (Å²) in [5.74, 6) is 0.199. The van der Waals surface area contributed by atoms with Gasteiger partial charge in [-0.05, 0) is 5.92 Å². The third kappa shape index (κ3) is 1.14. The lowest BCUT2D eigenvalue weighted by Gasteiger charge is -1.96. The largest absolute Gasteiger partial charge is 0.337 e. The predicted molar refractivity (Wildman–Crippen MR) is 48.7 cm³/mol. The van der Waals surface area contributed by atoms with Crippen LogP contribution in [0.5, 0.6) is 0 Å². The van der Waals surface area contributed by atoms with Gasteiger partial charge in [0, 0.05) is 12.3 Å². The van der Waals surface area contributed by atoms with Crippen LogP contribution in [0.1, 0.15) is 25.5 Å². The molecule has 0 aliphatic heterocycles. The number of H-pyrrole nitrogens is 1. The normalized spacial score (nSPS) is 11.3. The molecule has 4 nitrogen and oxygen atoms in total. The molecule has 68 valence electrons. The van der Waals surface area contributed by atoms with E-state index in [0.29, 0.717) is 11.1 Å². The zero-order valence-corrected chi connectivity index (χ0v) is 7.50. The van der Waals surface area contributed by atoms with Gasteiger partial charge < -0.3 is 9.51 Å². The summed E-state index contributed by atoms with van der Waals surface area (Å²) >= 11 is 0. The summed E-state index contributed by atoms with van der Waals surface area (Å²) in [6.45, 7) is 3.95. The van der Waals surface area contributed by atoms with Crippen molar-refractivity contribution in [3.63, 3.8) is 0 Å². The van der Waals surface area contributed by atoms with Crippen LogP contribution in [0, 0.1) is 0 Å². The summed E-state index contributed by atoms with van der Waals surface area (Å²) in [6, 6.07) is 1.48. The van der Waals surface area contributed by atoms with Crippen molar-refractivity contribution in [2.24, 2.45) is 0 Å². The highest BCUT2D eigenvalue weighted by molar-refractivity contribution is 5.75. The van der Waals surface area contributed by atoms with Crippen molar-refractivity contribution in [2.45, 2.75) is 19.8 Å². The maximum absolute atomic E-state index is 11.4. The number of hydrogen-bond donors (Lipinski definition) is 1. The molecule has 1 N–H and O–H groups in total. The van der Waals surface area contributed by atoms with Gasteiger partial charge in [0.25, 0.3) is 0 Å². The second-order valence-corrected chi connectivity index (χ2v) is 3.27. The number of fused-ring (bicyclic) bond motifs is 1. The molecular formula is C9H10N2O2. The third-order valence-electron chi connectivity index (χ3n) is 1.96. The summed E-state index contributed by atoms with van der Waals surface area (Å²) in [6.07, 6.45) is 1.56. The van der Waals surface area contributed by atoms with E-state index in [2.05, 4.69) is 10.1 Å². The maximum Gasteiger partial charge on any atom is 0.240 e. The van der Waals surface area contributed by atoms with Crippen LogP contribution in [-0.4, -0.2) is 10.1 Å². The lowest BCUT2D eigenvalue weighted by molar-refractivity contribution is 0.434. The van der Waals surface area contributed by atoms with Crippen LogP contribution in [0.15, 0.2) is 21.6 Å². The van der Waals surface area contributed by atoms with Gasteiger partial charge in [-0.3, -0.25) is 4.79 Å². The predicted octanol–water partition coefficient (Wildman–Crippen LogP) is 1.64. The Bertz CT molecular complexity index is 482. The first-order valence-electron chi connectivity index (χ1n) is 4.17. The van der Waals surface area contributed by atoms with Crippen molar-refractivity contribution >= 4 is 11.1 Å². The lowest BCUT2D eigenvalue weighted by atomic mass is 10.1. The molecule has 0 aliphatic carbocycles. The number of nitrogens with one attached hydrogen (secondary N) is 1. The first-order valence-corrected chi connectivity index (χ1v) is 4.17. The van der Waals surface area contributed by atoms with E-state index in [9.17, 15) is 4.79 Å². The van der Waals surface area contributed by atoms with E-state index in [4.69, 9.17) is 4.52 Å². The van der Waals surface area contributed by atoms with Gasteiger partial charge in [0.1, 0.15) is 5.39 Å². The summed E-state index contributed by atoms with van der Waals surface area (Å²) in [5, 5.41) is 4.42. The van der Waals surface area contributed by atoms with Crippen molar-refractivity contribution in [3.8, 4) is 0 Å². The standard InChI is InChI=1S/C9H10N2O2/c1-5(2)8-7-6(12)3-4-10-9(7)13-11-8/h3-5H,1-2H3,(H,10,12). The molecule has 0 aromatic carbocycles. The molecule has 2 heterocycles. The Hall–Kier alpha value is -1.58. The van der Waals surface area contributed by atoms with Gasteiger partial charge in [-0.15, -0.1) is 0 Å². The number of rotatable bonds is 1. The molecule has 0 saturated heterocycles. The minimum atomic E-state index is -0.0429. The van der Waals surface area contributed by atoms with Crippen LogP contribution in [-0.2, 0) is 0 Å². The highest BCUT2D eigenvalue weighted by Gasteiger charge is 2.13. The van der Waals surface area contributed by atoms with Crippen molar-refractivity contribution < 1.29 is 4.52 Å². The Labute approximate surface area is 74.6 Å². The van der Waals surface area contributed by atoms with Crippen molar-refractivity contribution in [1.82, 2.24) is 10.1 Å². The Morgan fingerprint density at radius 2 is 2.31 bits per heavy atom. The van der Waals surface area contributed by atoms with Gasteiger partial charge in [-0.2, -0.15) is 0 Å². The summed E-state index contributed by atoms with van der Waals surface area (Å²) in [4.78, 5) is 14.3. The Balaban J connectivity index is 2.87. The monoisotopic (exact) mass is 178 g/mol. The zero-order valence-electron chi connectivity index (χ0n) is 7.50. The molecule has 2 aromatic rings. The van der Waals surface area contributed by atoms with E-state index in [-0.39, 0.29) is 11.3 Å². The average molecular weight is 178 g/mol. The van der Waals surface area contributed by atoms with Crippen LogP contribution in [0.4, 0.5) is 0 Å². The van der Waals surface area contributed by atoms with Crippen LogP contribution in [0.25, 0.3) is 11.1 Å². The van der Waals surface area contributed by atoms with E-state index in [1.807, 2.05) is 13.8 Å². The molecule has 2 rings (SSSR count). The topological polar surface area (TPSA) is 58.9 Å². The molecule has 0 radical (unpaired) electrons. The van der Waals surface area contributed by atoms with Gasteiger partial charge in [0.2, 0.25) is 5.71 Å². The fourth-order valence-electron chi connectivity index (χ4n) is 1.31. The number of hydrogen-bond acceptors (Lipinski definition) is 3. The number of nitrogens with zero attached hydrogens (tertiary/aromatic N) is 1. The number of pyridine rings is 1. The fraction of sp³-hybridized carbons (Fsp3) is 0.333. The van der Waals surface area contributed by atoms with Crippen LogP contribution in [0.3, 0.4) is 0 Å². The van der Waals surface area contributed by atoms with E-state index in [1.54, 1.807) is 6.20 Å². The SMILES string of the molecule is CC(C)c1noc2[nH]ccc(=O)c12. The van der Waals surface area contributed by atoms with E-state index in [1.165, 1.54) is 6.07 Å². The smallest absolute Gasteiger partial charge is 0.240 e. The van der Waals surface area contributed by atoms with Crippen molar-refractivity contribution in [1.29, 1.82) is 0 Å². The van der Waals surface area contributed by atoms with Crippen LogP contribution in [0.2, 0.25) is 0 Å². The molecule has 13 heavy (non-hydrogen) atoms. The number of aromatic amines is 1. The molecular weight excluding hydrogens is 168 g/mol. The minimum Gasteiger partial charge on any atom is -0.337 e. The molecule has 0 bridgehead atoms.